The van der Waals surface area contributed by atoms with Gasteiger partial charge < -0.3 is 14.5 Å². The number of aromatic nitrogens is 2. The number of carbonyl (C=O) groups is 1. The van der Waals surface area contributed by atoms with Crippen LogP contribution in [0.3, 0.4) is 0 Å². The standard InChI is InChI=1S/C19H24N4O2S/c1-25-16-5-2-4-14(12-16)13-17-20-19(26-21-17)23-9-3-8-22(10-11-23)18(24)15-6-7-15/h2,4-5,12,15H,3,6-11,13H2,1H3. The van der Waals surface area contributed by atoms with Gasteiger partial charge in [0, 0.05) is 50.1 Å². The highest BCUT2D eigenvalue weighted by molar-refractivity contribution is 7.09. The highest BCUT2D eigenvalue weighted by atomic mass is 32.1. The minimum atomic E-state index is 0.303. The summed E-state index contributed by atoms with van der Waals surface area (Å²) in [5.41, 5.74) is 1.14. The molecule has 7 heteroatoms. The zero-order valence-corrected chi connectivity index (χ0v) is 15.9. The third-order valence-corrected chi connectivity index (χ3v) is 5.77. The zero-order chi connectivity index (χ0) is 17.9. The summed E-state index contributed by atoms with van der Waals surface area (Å²) in [7, 11) is 1.68. The lowest BCUT2D eigenvalue weighted by Crippen LogP contribution is -2.36. The number of anilines is 1. The molecule has 0 spiro atoms. The molecule has 0 atom stereocenters. The van der Waals surface area contributed by atoms with Crippen molar-refractivity contribution in [2.75, 3.05) is 38.2 Å². The largest absolute Gasteiger partial charge is 0.497 e. The van der Waals surface area contributed by atoms with Crippen LogP contribution in [0.5, 0.6) is 5.75 Å². The second-order valence-corrected chi connectivity index (χ2v) is 7.69. The first-order valence-electron chi connectivity index (χ1n) is 9.22. The summed E-state index contributed by atoms with van der Waals surface area (Å²) < 4.78 is 9.81. The van der Waals surface area contributed by atoms with Crippen molar-refractivity contribution in [2.24, 2.45) is 5.92 Å². The fraction of sp³-hybridized carbons (Fsp3) is 0.526. The maximum Gasteiger partial charge on any atom is 0.225 e. The molecule has 1 saturated carbocycles. The molecule has 0 unspecified atom stereocenters. The number of carbonyl (C=O) groups excluding carboxylic acids is 1. The first-order chi connectivity index (χ1) is 12.7. The summed E-state index contributed by atoms with van der Waals surface area (Å²) in [4.78, 5) is 21.3. The van der Waals surface area contributed by atoms with Gasteiger partial charge in [-0.3, -0.25) is 4.79 Å². The molecular formula is C19H24N4O2S. The quantitative estimate of drug-likeness (QED) is 0.807. The molecule has 0 N–H and O–H groups in total. The summed E-state index contributed by atoms with van der Waals surface area (Å²) in [5.74, 6) is 2.35. The number of benzene rings is 1. The van der Waals surface area contributed by atoms with Crippen molar-refractivity contribution in [3.05, 3.63) is 35.7 Å². The summed E-state index contributed by atoms with van der Waals surface area (Å²) in [6, 6.07) is 8.02. The van der Waals surface area contributed by atoms with Crippen molar-refractivity contribution >= 4 is 22.6 Å². The van der Waals surface area contributed by atoms with Gasteiger partial charge in [0.25, 0.3) is 0 Å². The first kappa shape index (κ1) is 17.3. The summed E-state index contributed by atoms with van der Waals surface area (Å²) >= 11 is 1.45. The lowest BCUT2D eigenvalue weighted by molar-refractivity contribution is -0.132. The molecule has 1 aliphatic carbocycles. The molecule has 0 radical (unpaired) electrons. The SMILES string of the molecule is COc1cccc(Cc2nsc(N3CCCN(C(=O)C4CC4)CC3)n2)c1. The van der Waals surface area contributed by atoms with Gasteiger partial charge >= 0.3 is 0 Å². The van der Waals surface area contributed by atoms with Crippen LogP contribution in [-0.4, -0.2) is 53.5 Å². The van der Waals surface area contributed by atoms with Crippen LogP contribution >= 0.6 is 11.5 Å². The van der Waals surface area contributed by atoms with Gasteiger partial charge in [-0.15, -0.1) is 0 Å². The Morgan fingerprint density at radius 3 is 2.96 bits per heavy atom. The number of hydrogen-bond acceptors (Lipinski definition) is 6. The molecule has 1 saturated heterocycles. The molecule has 2 heterocycles. The predicted molar refractivity (Wildman–Crippen MR) is 102 cm³/mol. The van der Waals surface area contributed by atoms with Crippen LogP contribution in [0, 0.1) is 5.92 Å². The molecule has 1 aromatic heterocycles. The summed E-state index contributed by atoms with van der Waals surface area (Å²) in [6.07, 6.45) is 3.84. The lowest BCUT2D eigenvalue weighted by Gasteiger charge is -2.21. The van der Waals surface area contributed by atoms with Crippen LogP contribution in [0.25, 0.3) is 0 Å². The smallest absolute Gasteiger partial charge is 0.225 e. The average Bonchev–Trinajstić information content (AvgIpc) is 3.46. The molecular weight excluding hydrogens is 348 g/mol. The van der Waals surface area contributed by atoms with Crippen LogP contribution in [0.4, 0.5) is 5.13 Å². The maximum absolute atomic E-state index is 12.3. The maximum atomic E-state index is 12.3. The van der Waals surface area contributed by atoms with Crippen molar-refractivity contribution in [1.29, 1.82) is 0 Å². The van der Waals surface area contributed by atoms with Crippen molar-refractivity contribution in [1.82, 2.24) is 14.3 Å². The van der Waals surface area contributed by atoms with E-state index in [1.54, 1.807) is 7.11 Å². The normalized spacial score (nSPS) is 17.9. The van der Waals surface area contributed by atoms with E-state index in [4.69, 9.17) is 9.72 Å². The Morgan fingerprint density at radius 2 is 2.15 bits per heavy atom. The topological polar surface area (TPSA) is 58.6 Å². The Kier molecular flexibility index (Phi) is 5.06. The minimum Gasteiger partial charge on any atom is -0.497 e. The van der Waals surface area contributed by atoms with E-state index in [9.17, 15) is 4.79 Å². The van der Waals surface area contributed by atoms with E-state index < -0.39 is 0 Å². The van der Waals surface area contributed by atoms with Gasteiger partial charge in [0.2, 0.25) is 11.0 Å². The van der Waals surface area contributed by atoms with E-state index in [-0.39, 0.29) is 0 Å². The van der Waals surface area contributed by atoms with Gasteiger partial charge in [0.15, 0.2) is 0 Å². The van der Waals surface area contributed by atoms with Gasteiger partial charge in [0.05, 0.1) is 7.11 Å². The fourth-order valence-electron chi connectivity index (χ4n) is 3.33. The van der Waals surface area contributed by atoms with Crippen LogP contribution in [0.1, 0.15) is 30.7 Å². The molecule has 2 aliphatic rings. The predicted octanol–water partition coefficient (Wildman–Crippen LogP) is 2.59. The van der Waals surface area contributed by atoms with Crippen molar-refractivity contribution in [3.63, 3.8) is 0 Å². The van der Waals surface area contributed by atoms with E-state index in [1.165, 1.54) is 11.5 Å². The third kappa shape index (κ3) is 3.98. The molecule has 2 aromatic rings. The Bertz CT molecular complexity index is 774. The van der Waals surface area contributed by atoms with Crippen molar-refractivity contribution in [2.45, 2.75) is 25.7 Å². The van der Waals surface area contributed by atoms with Crippen molar-refractivity contribution in [3.8, 4) is 5.75 Å². The summed E-state index contributed by atoms with van der Waals surface area (Å²) in [6.45, 7) is 3.43. The molecule has 26 heavy (non-hydrogen) atoms. The zero-order valence-electron chi connectivity index (χ0n) is 15.1. The average molecular weight is 372 g/mol. The molecule has 1 amide bonds. The van der Waals surface area contributed by atoms with Gasteiger partial charge in [-0.25, -0.2) is 4.98 Å². The second kappa shape index (κ2) is 7.61. The highest BCUT2D eigenvalue weighted by Gasteiger charge is 2.34. The number of rotatable bonds is 5. The highest BCUT2D eigenvalue weighted by Crippen LogP contribution is 2.31. The number of hydrogen-bond donors (Lipinski definition) is 0. The van der Waals surface area contributed by atoms with Crippen LogP contribution in [-0.2, 0) is 11.2 Å². The molecule has 6 nitrogen and oxygen atoms in total. The Hall–Kier alpha value is -2.15. The van der Waals surface area contributed by atoms with Crippen LogP contribution in [0.2, 0.25) is 0 Å². The van der Waals surface area contributed by atoms with Gasteiger partial charge in [-0.05, 0) is 37.0 Å². The van der Waals surface area contributed by atoms with E-state index in [0.717, 1.165) is 67.7 Å². The molecule has 0 bridgehead atoms. The fourth-order valence-corrected chi connectivity index (χ4v) is 4.06. The molecule has 2 fully saturated rings. The van der Waals surface area contributed by atoms with Gasteiger partial charge in [-0.2, -0.15) is 4.37 Å². The summed E-state index contributed by atoms with van der Waals surface area (Å²) in [5, 5.41) is 0.962. The van der Waals surface area contributed by atoms with E-state index in [2.05, 4.69) is 15.3 Å². The molecule has 1 aromatic carbocycles. The number of methoxy groups -OCH3 is 1. The van der Waals surface area contributed by atoms with Gasteiger partial charge in [0.1, 0.15) is 11.6 Å². The Labute approximate surface area is 158 Å². The van der Waals surface area contributed by atoms with E-state index in [1.807, 2.05) is 23.1 Å². The number of nitrogens with zero attached hydrogens (tertiary/aromatic N) is 4. The Morgan fingerprint density at radius 1 is 1.27 bits per heavy atom. The Balaban J connectivity index is 1.38. The van der Waals surface area contributed by atoms with E-state index >= 15 is 0 Å². The van der Waals surface area contributed by atoms with Gasteiger partial charge in [-0.1, -0.05) is 12.1 Å². The monoisotopic (exact) mass is 372 g/mol. The van der Waals surface area contributed by atoms with E-state index in [0.29, 0.717) is 18.2 Å². The first-order valence-corrected chi connectivity index (χ1v) is 9.99. The lowest BCUT2D eigenvalue weighted by atomic mass is 10.1. The second-order valence-electron chi connectivity index (χ2n) is 6.96. The third-order valence-electron chi connectivity index (χ3n) is 4.96. The van der Waals surface area contributed by atoms with Crippen LogP contribution < -0.4 is 9.64 Å². The minimum absolute atomic E-state index is 0.303. The molecule has 138 valence electrons. The van der Waals surface area contributed by atoms with Crippen molar-refractivity contribution < 1.29 is 9.53 Å². The number of ether oxygens (including phenoxy) is 1. The number of amides is 1. The molecule has 1 aliphatic heterocycles. The van der Waals surface area contributed by atoms with Crippen LogP contribution in [0.15, 0.2) is 24.3 Å². The molecule has 4 rings (SSSR count).